The summed E-state index contributed by atoms with van der Waals surface area (Å²) in [6.07, 6.45) is 4.38. The number of anilines is 1. The summed E-state index contributed by atoms with van der Waals surface area (Å²) in [6.45, 7) is 2.63. The lowest BCUT2D eigenvalue weighted by molar-refractivity contribution is 0.149. The molecule has 1 atom stereocenters. The molecule has 12 heteroatoms. The van der Waals surface area contributed by atoms with Gasteiger partial charge in [-0.3, -0.25) is 0 Å². The first-order valence-corrected chi connectivity index (χ1v) is 11.1. The zero-order chi connectivity index (χ0) is 21.7. The van der Waals surface area contributed by atoms with Crippen LogP contribution in [0.2, 0.25) is 0 Å². The number of nitrogens with zero attached hydrogens (tertiary/aromatic N) is 4. The Morgan fingerprint density at radius 2 is 1.80 bits per heavy atom. The van der Waals surface area contributed by atoms with E-state index in [9.17, 15) is 13.4 Å². The summed E-state index contributed by atoms with van der Waals surface area (Å²) >= 11 is -1.39. The van der Waals surface area contributed by atoms with E-state index in [-0.39, 0.29) is 18.0 Å². The highest BCUT2D eigenvalue weighted by Gasteiger charge is 2.31. The number of amides is 1. The number of nitrogens with two attached hydrogens (primary N) is 3. The van der Waals surface area contributed by atoms with E-state index in [0.29, 0.717) is 24.9 Å². The van der Waals surface area contributed by atoms with Crippen LogP contribution in [0.4, 0.5) is 15.0 Å². The Labute approximate surface area is 177 Å². The van der Waals surface area contributed by atoms with Crippen LogP contribution in [0, 0.1) is 17.7 Å². The Hall–Kier alpha value is -2.31. The molecule has 6 N–H and O–H groups in total. The van der Waals surface area contributed by atoms with Crippen molar-refractivity contribution in [3.8, 4) is 0 Å². The van der Waals surface area contributed by atoms with Crippen LogP contribution in [0.15, 0.2) is 17.3 Å². The summed E-state index contributed by atoms with van der Waals surface area (Å²) in [5, 5.41) is 5.46. The van der Waals surface area contributed by atoms with E-state index in [4.69, 9.17) is 21.3 Å². The molecule has 0 aliphatic carbocycles. The van der Waals surface area contributed by atoms with Crippen LogP contribution in [-0.2, 0) is 22.5 Å². The van der Waals surface area contributed by atoms with Gasteiger partial charge in [-0.15, -0.1) is 4.99 Å². The summed E-state index contributed by atoms with van der Waals surface area (Å²) in [5.74, 6) is 0.470. The average Bonchev–Trinajstić information content (AvgIpc) is 2.73. The molecule has 0 aromatic carbocycles. The number of carbonyl (C=O) groups is 1. The highest BCUT2D eigenvalue weighted by atomic mass is 32.2. The molecule has 2 aliphatic heterocycles. The topological polar surface area (TPSA) is 153 Å². The fraction of sp³-hybridized carbons (Fsp3) is 0.611. The smallest absolute Gasteiger partial charge is 0.437 e. The van der Waals surface area contributed by atoms with Crippen molar-refractivity contribution in [2.45, 2.75) is 32.3 Å². The molecule has 0 spiro atoms. The van der Waals surface area contributed by atoms with Gasteiger partial charge >= 0.3 is 6.09 Å². The molecular formula is C18H28FN7O3S. The van der Waals surface area contributed by atoms with E-state index >= 15 is 0 Å². The molecule has 10 nitrogen and oxygen atoms in total. The van der Waals surface area contributed by atoms with Crippen LogP contribution in [-0.4, -0.2) is 51.7 Å². The number of pyridine rings is 1. The summed E-state index contributed by atoms with van der Waals surface area (Å²) in [6, 6.07) is 1.46. The molecule has 0 radical (unpaired) electrons. The molecular weight excluding hydrogens is 413 g/mol. The molecule has 2 saturated heterocycles. The summed E-state index contributed by atoms with van der Waals surface area (Å²) in [7, 11) is 0. The van der Waals surface area contributed by atoms with Gasteiger partial charge in [0.05, 0.1) is 0 Å². The van der Waals surface area contributed by atoms with Crippen LogP contribution < -0.4 is 21.5 Å². The third-order valence-electron chi connectivity index (χ3n) is 5.78. The van der Waals surface area contributed by atoms with E-state index in [0.717, 1.165) is 38.8 Å². The predicted octanol–water partition coefficient (Wildman–Crippen LogP) is 0.597. The zero-order valence-corrected chi connectivity index (χ0v) is 17.5. The van der Waals surface area contributed by atoms with Gasteiger partial charge in [-0.25, -0.2) is 27.8 Å². The number of guanidine groups is 1. The first-order valence-electron chi connectivity index (χ1n) is 9.91. The second kappa shape index (κ2) is 10.1. The van der Waals surface area contributed by atoms with Crippen LogP contribution >= 0.6 is 0 Å². The Morgan fingerprint density at radius 1 is 1.20 bits per heavy atom. The lowest BCUT2D eigenvalue weighted by atomic mass is 9.79. The minimum atomic E-state index is -1.39. The summed E-state index contributed by atoms with van der Waals surface area (Å²) in [4.78, 5) is 20.8. The first-order chi connectivity index (χ1) is 14.3. The Balaban J connectivity index is 1.55. The van der Waals surface area contributed by atoms with Crippen LogP contribution in [0.1, 0.15) is 31.2 Å². The molecule has 2 fully saturated rings. The number of aromatic nitrogens is 1. The molecule has 1 aromatic heterocycles. The minimum absolute atomic E-state index is 0.212. The van der Waals surface area contributed by atoms with Crippen LogP contribution in [0.3, 0.4) is 0 Å². The molecule has 0 bridgehead atoms. The van der Waals surface area contributed by atoms with E-state index in [2.05, 4.69) is 9.98 Å². The number of aliphatic imine (C=N–C) groups is 1. The van der Waals surface area contributed by atoms with Gasteiger partial charge in [-0.1, -0.05) is 0 Å². The molecule has 2 aliphatic rings. The first kappa shape index (κ1) is 22.4. The SMILES string of the molecule is NC(N)=NC(=O)OCc1ccnc(N2CCC(C3CCN(S(N)=O)CC3)CC2)c1F. The standard InChI is InChI=1S/C18H28FN7O3S/c19-15-14(11-29-18(27)24-17(20)21)1-6-23-16(15)25-7-2-12(3-8-25)13-4-9-26(10-5-13)30(22)28/h1,6,12-13H,2-5,7-11,22H2,(H4,20,21,24,27). The fourth-order valence-corrected chi connectivity index (χ4v) is 4.76. The van der Waals surface area contributed by atoms with Crippen molar-refractivity contribution in [1.29, 1.82) is 0 Å². The quantitative estimate of drug-likeness (QED) is 0.446. The molecule has 3 heterocycles. The van der Waals surface area contributed by atoms with Crippen molar-refractivity contribution >= 4 is 29.0 Å². The number of rotatable bonds is 5. The van der Waals surface area contributed by atoms with E-state index in [1.54, 1.807) is 4.31 Å². The average molecular weight is 442 g/mol. The van der Waals surface area contributed by atoms with Gasteiger partial charge < -0.3 is 21.1 Å². The fourth-order valence-electron chi connectivity index (χ4n) is 4.19. The van der Waals surface area contributed by atoms with Gasteiger partial charge in [0.15, 0.2) is 28.8 Å². The maximum Gasteiger partial charge on any atom is 0.437 e. The van der Waals surface area contributed by atoms with Crippen molar-refractivity contribution in [1.82, 2.24) is 9.29 Å². The monoisotopic (exact) mass is 441 g/mol. The lowest BCUT2D eigenvalue weighted by Crippen LogP contribution is -2.43. The number of carbonyl (C=O) groups excluding carboxylic acids is 1. The molecule has 1 amide bonds. The predicted molar refractivity (Wildman–Crippen MR) is 112 cm³/mol. The van der Waals surface area contributed by atoms with Gasteiger partial charge in [0.25, 0.3) is 0 Å². The van der Waals surface area contributed by atoms with Crippen molar-refractivity contribution < 1.29 is 18.1 Å². The largest absolute Gasteiger partial charge is 0.443 e. The highest BCUT2D eigenvalue weighted by molar-refractivity contribution is 7.80. The van der Waals surface area contributed by atoms with Gasteiger partial charge in [0.1, 0.15) is 6.61 Å². The number of hydrogen-bond acceptors (Lipinski definition) is 5. The van der Waals surface area contributed by atoms with Crippen molar-refractivity contribution in [2.75, 3.05) is 31.1 Å². The van der Waals surface area contributed by atoms with E-state index in [1.165, 1.54) is 12.3 Å². The highest BCUT2D eigenvalue weighted by Crippen LogP contribution is 2.34. The Bertz CT molecular complexity index is 805. The second-order valence-electron chi connectivity index (χ2n) is 7.57. The maximum atomic E-state index is 14.9. The van der Waals surface area contributed by atoms with Gasteiger partial charge in [-0.2, -0.15) is 0 Å². The number of halogens is 1. The zero-order valence-electron chi connectivity index (χ0n) is 16.7. The number of ether oxygens (including phenoxy) is 1. The molecule has 30 heavy (non-hydrogen) atoms. The normalized spacial score (nSPS) is 20.0. The molecule has 166 valence electrons. The number of hydrogen-bond donors (Lipinski definition) is 3. The maximum absolute atomic E-state index is 14.9. The van der Waals surface area contributed by atoms with Gasteiger partial charge in [0.2, 0.25) is 0 Å². The molecule has 0 saturated carbocycles. The van der Waals surface area contributed by atoms with Crippen molar-refractivity contribution in [3.63, 3.8) is 0 Å². The summed E-state index contributed by atoms with van der Waals surface area (Å²) < 4.78 is 33.0. The molecule has 1 aromatic rings. The van der Waals surface area contributed by atoms with Gasteiger partial charge in [0, 0.05) is 37.9 Å². The van der Waals surface area contributed by atoms with Gasteiger partial charge in [-0.05, 0) is 43.6 Å². The third-order valence-corrected chi connectivity index (χ3v) is 6.66. The van der Waals surface area contributed by atoms with E-state index in [1.807, 2.05) is 4.90 Å². The van der Waals surface area contributed by atoms with Crippen molar-refractivity contribution in [3.05, 3.63) is 23.6 Å². The van der Waals surface area contributed by atoms with Crippen LogP contribution in [0.25, 0.3) is 0 Å². The second-order valence-corrected chi connectivity index (χ2v) is 8.63. The van der Waals surface area contributed by atoms with Crippen LogP contribution in [0.5, 0.6) is 0 Å². The third kappa shape index (κ3) is 5.64. The number of piperidine rings is 2. The van der Waals surface area contributed by atoms with E-state index < -0.39 is 29.0 Å². The van der Waals surface area contributed by atoms with Crippen molar-refractivity contribution in [2.24, 2.45) is 33.4 Å². The summed E-state index contributed by atoms with van der Waals surface area (Å²) in [5.41, 5.74) is 10.4. The minimum Gasteiger partial charge on any atom is -0.443 e. The Morgan fingerprint density at radius 3 is 2.37 bits per heavy atom. The lowest BCUT2D eigenvalue weighted by Gasteiger charge is -2.39. The molecule has 3 rings (SSSR count). The Kier molecular flexibility index (Phi) is 7.56. The molecule has 1 unspecified atom stereocenters.